The SMILES string of the molecule is COc1ccc2cc(C(=O)NCc3ccccc3)/c(=N/NC(=O)c3ccco3)oc2c1. The number of amides is 2. The maximum Gasteiger partial charge on any atom is 0.307 e. The minimum absolute atomic E-state index is 0.0498. The third-order valence-electron chi connectivity index (χ3n) is 4.50. The van der Waals surface area contributed by atoms with Gasteiger partial charge in [-0.05, 0) is 35.9 Å². The second-order valence-corrected chi connectivity index (χ2v) is 6.57. The van der Waals surface area contributed by atoms with Gasteiger partial charge in [0.15, 0.2) is 5.76 Å². The van der Waals surface area contributed by atoms with Gasteiger partial charge in [0.05, 0.1) is 13.4 Å². The van der Waals surface area contributed by atoms with Crippen LogP contribution < -0.4 is 21.0 Å². The van der Waals surface area contributed by atoms with E-state index < -0.39 is 11.8 Å². The van der Waals surface area contributed by atoms with Gasteiger partial charge in [0.25, 0.3) is 5.91 Å². The van der Waals surface area contributed by atoms with Crippen LogP contribution in [0.1, 0.15) is 26.5 Å². The third kappa shape index (κ3) is 4.64. The normalized spacial score (nSPS) is 11.3. The Morgan fingerprint density at radius 2 is 1.84 bits per heavy atom. The van der Waals surface area contributed by atoms with Crippen LogP contribution >= 0.6 is 0 Å². The molecule has 8 nitrogen and oxygen atoms in total. The van der Waals surface area contributed by atoms with Crippen LogP contribution in [0, 0.1) is 0 Å². The highest BCUT2D eigenvalue weighted by Gasteiger charge is 2.14. The van der Waals surface area contributed by atoms with Crippen LogP contribution in [0.3, 0.4) is 0 Å². The molecule has 0 radical (unpaired) electrons. The zero-order chi connectivity index (χ0) is 21.6. The lowest BCUT2D eigenvalue weighted by atomic mass is 10.1. The Kier molecular flexibility index (Phi) is 5.79. The number of benzene rings is 2. The first-order valence-corrected chi connectivity index (χ1v) is 9.45. The number of rotatable bonds is 6. The fraction of sp³-hybridized carbons (Fsp3) is 0.0870. The molecule has 2 aromatic carbocycles. The van der Waals surface area contributed by atoms with Crippen LogP contribution in [-0.2, 0) is 6.54 Å². The second kappa shape index (κ2) is 9.00. The van der Waals surface area contributed by atoms with Crippen molar-refractivity contribution in [1.82, 2.24) is 10.7 Å². The van der Waals surface area contributed by atoms with Gasteiger partial charge in [-0.1, -0.05) is 30.3 Å². The van der Waals surface area contributed by atoms with Crippen LogP contribution in [-0.4, -0.2) is 18.9 Å². The molecule has 2 N–H and O–H groups in total. The first kappa shape index (κ1) is 20.0. The molecular formula is C23H19N3O5. The molecule has 0 aliphatic heterocycles. The van der Waals surface area contributed by atoms with Crippen molar-refractivity contribution in [2.24, 2.45) is 5.10 Å². The van der Waals surface area contributed by atoms with E-state index in [1.165, 1.54) is 12.3 Å². The first-order valence-electron chi connectivity index (χ1n) is 9.45. The van der Waals surface area contributed by atoms with Gasteiger partial charge in [0, 0.05) is 18.0 Å². The Morgan fingerprint density at radius 3 is 2.58 bits per heavy atom. The van der Waals surface area contributed by atoms with Gasteiger partial charge in [-0.15, -0.1) is 5.10 Å². The molecule has 0 spiro atoms. The van der Waals surface area contributed by atoms with Crippen molar-refractivity contribution in [3.8, 4) is 5.75 Å². The Bertz CT molecular complexity index is 1280. The average Bonchev–Trinajstić information content (AvgIpc) is 3.36. The number of fused-ring (bicyclic) bond motifs is 1. The molecule has 31 heavy (non-hydrogen) atoms. The molecule has 156 valence electrons. The average molecular weight is 417 g/mol. The molecule has 2 amide bonds. The molecular weight excluding hydrogens is 398 g/mol. The molecule has 0 fully saturated rings. The van der Waals surface area contributed by atoms with Crippen molar-refractivity contribution in [3.05, 3.63) is 95.4 Å². The predicted molar refractivity (Wildman–Crippen MR) is 112 cm³/mol. The van der Waals surface area contributed by atoms with Gasteiger partial charge in [0.1, 0.15) is 16.9 Å². The lowest BCUT2D eigenvalue weighted by Gasteiger charge is -2.08. The van der Waals surface area contributed by atoms with Crippen molar-refractivity contribution in [2.75, 3.05) is 7.11 Å². The standard InChI is InChI=1S/C23H19N3O5/c1-29-17-10-9-16-12-18(21(27)24-14-15-6-3-2-4-7-15)23(31-20(16)13-17)26-25-22(28)19-8-5-11-30-19/h2-13H,14H2,1H3,(H,24,27)(H,25,28)/b26-23-. The number of methoxy groups -OCH3 is 1. The van der Waals surface area contributed by atoms with E-state index in [2.05, 4.69) is 15.8 Å². The van der Waals surface area contributed by atoms with Crippen molar-refractivity contribution in [3.63, 3.8) is 0 Å². The number of hydrogen-bond acceptors (Lipinski definition) is 6. The van der Waals surface area contributed by atoms with Crippen LogP contribution in [0.4, 0.5) is 0 Å². The molecule has 2 heterocycles. The van der Waals surface area contributed by atoms with Crippen molar-refractivity contribution < 1.29 is 23.2 Å². The van der Waals surface area contributed by atoms with Crippen LogP contribution in [0.5, 0.6) is 5.75 Å². The molecule has 8 heteroatoms. The van der Waals surface area contributed by atoms with Crippen LogP contribution in [0.2, 0.25) is 0 Å². The summed E-state index contributed by atoms with van der Waals surface area (Å²) in [5.41, 5.74) is 3.87. The second-order valence-electron chi connectivity index (χ2n) is 6.57. The Hall–Kier alpha value is -4.33. The minimum atomic E-state index is -0.568. The molecule has 4 aromatic rings. The fourth-order valence-corrected chi connectivity index (χ4v) is 2.91. The van der Waals surface area contributed by atoms with E-state index in [1.54, 1.807) is 37.4 Å². The Balaban J connectivity index is 1.68. The number of carbonyl (C=O) groups is 2. The maximum atomic E-state index is 12.9. The minimum Gasteiger partial charge on any atom is -0.497 e. The van der Waals surface area contributed by atoms with Gasteiger partial charge in [-0.25, -0.2) is 5.43 Å². The summed E-state index contributed by atoms with van der Waals surface area (Å²) >= 11 is 0. The van der Waals surface area contributed by atoms with E-state index in [0.29, 0.717) is 23.3 Å². The number of ether oxygens (including phenoxy) is 1. The van der Waals surface area contributed by atoms with E-state index in [-0.39, 0.29) is 16.9 Å². The number of carbonyl (C=O) groups excluding carboxylic acids is 2. The molecule has 0 unspecified atom stereocenters. The van der Waals surface area contributed by atoms with Crippen LogP contribution in [0.15, 0.2) is 86.9 Å². The summed E-state index contributed by atoms with van der Waals surface area (Å²) in [5, 5.41) is 7.54. The Labute approximate surface area is 177 Å². The number of furan rings is 1. The zero-order valence-corrected chi connectivity index (χ0v) is 16.6. The summed E-state index contributed by atoms with van der Waals surface area (Å²) in [6.45, 7) is 0.332. The summed E-state index contributed by atoms with van der Waals surface area (Å²) in [6, 6.07) is 19.5. The highest BCUT2D eigenvalue weighted by atomic mass is 16.5. The van der Waals surface area contributed by atoms with Gasteiger partial charge < -0.3 is 18.9 Å². The number of nitrogens with one attached hydrogen (secondary N) is 2. The molecule has 0 saturated heterocycles. The summed E-state index contributed by atoms with van der Waals surface area (Å²) < 4.78 is 16.1. The molecule has 0 saturated carbocycles. The zero-order valence-electron chi connectivity index (χ0n) is 16.6. The number of nitrogens with zero attached hydrogens (tertiary/aromatic N) is 1. The van der Waals surface area contributed by atoms with E-state index in [0.717, 1.165) is 5.56 Å². The van der Waals surface area contributed by atoms with E-state index in [9.17, 15) is 9.59 Å². The summed E-state index contributed by atoms with van der Waals surface area (Å²) in [5.74, 6) is -0.290. The molecule has 2 aromatic heterocycles. The smallest absolute Gasteiger partial charge is 0.307 e. The van der Waals surface area contributed by atoms with E-state index in [1.807, 2.05) is 30.3 Å². The molecule has 0 atom stereocenters. The summed E-state index contributed by atoms with van der Waals surface area (Å²) in [4.78, 5) is 25.1. The third-order valence-corrected chi connectivity index (χ3v) is 4.50. The first-order chi connectivity index (χ1) is 15.1. The number of hydrogen-bond donors (Lipinski definition) is 2. The van der Waals surface area contributed by atoms with E-state index >= 15 is 0 Å². The van der Waals surface area contributed by atoms with Gasteiger partial charge in [-0.2, -0.15) is 0 Å². The Morgan fingerprint density at radius 1 is 1.00 bits per heavy atom. The highest BCUT2D eigenvalue weighted by molar-refractivity contribution is 5.96. The predicted octanol–water partition coefficient (Wildman–Crippen LogP) is 3.21. The lowest BCUT2D eigenvalue weighted by molar-refractivity contribution is 0.0915. The van der Waals surface area contributed by atoms with Crippen molar-refractivity contribution in [1.29, 1.82) is 0 Å². The van der Waals surface area contributed by atoms with Crippen LogP contribution in [0.25, 0.3) is 11.0 Å². The monoisotopic (exact) mass is 417 g/mol. The topological polar surface area (TPSA) is 106 Å². The largest absolute Gasteiger partial charge is 0.497 e. The summed E-state index contributed by atoms with van der Waals surface area (Å²) in [7, 11) is 1.54. The lowest BCUT2D eigenvalue weighted by Crippen LogP contribution is -2.30. The summed E-state index contributed by atoms with van der Waals surface area (Å²) in [6.07, 6.45) is 1.38. The van der Waals surface area contributed by atoms with Gasteiger partial charge >= 0.3 is 5.91 Å². The molecule has 0 aliphatic rings. The van der Waals surface area contributed by atoms with Crippen molar-refractivity contribution in [2.45, 2.75) is 6.54 Å². The molecule has 4 rings (SSSR count). The maximum absolute atomic E-state index is 12.9. The quantitative estimate of drug-likeness (QED) is 0.469. The molecule has 0 bridgehead atoms. The molecule has 0 aliphatic carbocycles. The van der Waals surface area contributed by atoms with Gasteiger partial charge in [-0.3, -0.25) is 9.59 Å². The van der Waals surface area contributed by atoms with Crippen molar-refractivity contribution >= 4 is 22.8 Å². The highest BCUT2D eigenvalue weighted by Crippen LogP contribution is 2.20. The van der Waals surface area contributed by atoms with E-state index in [4.69, 9.17) is 13.6 Å². The van der Waals surface area contributed by atoms with Gasteiger partial charge in [0.2, 0.25) is 5.55 Å². The fourth-order valence-electron chi connectivity index (χ4n) is 2.91.